The van der Waals surface area contributed by atoms with E-state index in [-0.39, 0.29) is 29.7 Å². The zero-order chi connectivity index (χ0) is 11.6. The number of aromatic nitrogens is 1. The maximum absolute atomic E-state index is 11.1. The van der Waals surface area contributed by atoms with Gasteiger partial charge in [0.2, 0.25) is 5.43 Å². The van der Waals surface area contributed by atoms with E-state index < -0.39 is 0 Å². The average Bonchev–Trinajstić information content (AvgIpc) is 2.18. The molecule has 0 saturated heterocycles. The summed E-state index contributed by atoms with van der Waals surface area (Å²) in [4.78, 5) is 11.1. The first-order valence-corrected chi connectivity index (χ1v) is 5.00. The zero-order valence-electron chi connectivity index (χ0n) is 9.27. The van der Waals surface area contributed by atoms with Gasteiger partial charge in [-0.1, -0.05) is 13.8 Å². The minimum Gasteiger partial charge on any atom is -0.503 e. The van der Waals surface area contributed by atoms with Crippen molar-refractivity contribution in [1.82, 2.24) is 4.57 Å². The van der Waals surface area contributed by atoms with Crippen LogP contribution in [0.25, 0.3) is 0 Å². The van der Waals surface area contributed by atoms with Gasteiger partial charge in [-0.05, 0) is 12.8 Å². The van der Waals surface area contributed by atoms with Crippen molar-refractivity contribution in [1.29, 1.82) is 0 Å². The van der Waals surface area contributed by atoms with Crippen LogP contribution in [0.2, 0.25) is 0 Å². The fourth-order valence-corrected chi connectivity index (χ4v) is 1.62. The molecule has 0 fully saturated rings. The van der Waals surface area contributed by atoms with Crippen LogP contribution >= 0.6 is 0 Å². The van der Waals surface area contributed by atoms with Gasteiger partial charge < -0.3 is 14.8 Å². The molecule has 1 aromatic rings. The molecule has 0 spiro atoms. The van der Waals surface area contributed by atoms with Crippen LogP contribution in [0.15, 0.2) is 17.1 Å². The van der Waals surface area contributed by atoms with Crippen molar-refractivity contribution in [2.45, 2.75) is 26.8 Å². The molecule has 0 aliphatic carbocycles. The fourth-order valence-electron chi connectivity index (χ4n) is 1.62. The van der Waals surface area contributed by atoms with E-state index in [9.17, 15) is 15.0 Å². The third-order valence-electron chi connectivity index (χ3n) is 2.66. The number of aromatic hydroxyl groups is 1. The van der Waals surface area contributed by atoms with Gasteiger partial charge in [-0.2, -0.15) is 0 Å². The second-order valence-corrected chi connectivity index (χ2v) is 4.02. The first-order valence-electron chi connectivity index (χ1n) is 5.00. The smallest absolute Gasteiger partial charge is 0.223 e. The molecule has 84 valence electrons. The third kappa shape index (κ3) is 2.21. The molecular weight excluding hydrogens is 194 g/mol. The summed E-state index contributed by atoms with van der Waals surface area (Å²) in [5.74, 6) is -0.00722. The number of pyridine rings is 1. The summed E-state index contributed by atoms with van der Waals surface area (Å²) in [7, 11) is 0. The summed E-state index contributed by atoms with van der Waals surface area (Å²) in [5.41, 5.74) is 0.111. The summed E-state index contributed by atoms with van der Waals surface area (Å²) >= 11 is 0. The molecule has 0 amide bonds. The van der Waals surface area contributed by atoms with Gasteiger partial charge in [0.05, 0.1) is 18.3 Å². The molecular formula is C11H17NO3. The van der Waals surface area contributed by atoms with Crippen LogP contribution in [-0.2, 0) is 0 Å². The van der Waals surface area contributed by atoms with Crippen molar-refractivity contribution in [2.75, 3.05) is 6.61 Å². The summed E-state index contributed by atoms with van der Waals surface area (Å²) in [6.45, 7) is 5.62. The second kappa shape index (κ2) is 4.49. The van der Waals surface area contributed by atoms with Gasteiger partial charge in [0.1, 0.15) is 0 Å². The molecule has 1 aromatic heterocycles. The Bertz CT molecular complexity index is 395. The van der Waals surface area contributed by atoms with Crippen molar-refractivity contribution < 1.29 is 10.2 Å². The Kier molecular flexibility index (Phi) is 3.52. The standard InChI is InChI=1S/C11H17NO3/c1-7(2)9(6-13)12-5-4-10(14)11(15)8(12)3/h4-5,7,9,13,15H,6H2,1-3H3/t9-/m1/s1. The zero-order valence-corrected chi connectivity index (χ0v) is 9.27. The molecule has 4 heteroatoms. The number of rotatable bonds is 3. The Labute approximate surface area is 88.8 Å². The van der Waals surface area contributed by atoms with Crippen molar-refractivity contribution in [3.05, 3.63) is 28.2 Å². The number of nitrogens with zero attached hydrogens (tertiary/aromatic N) is 1. The predicted octanol–water partition coefficient (Wildman–Crippen LogP) is 1.05. The van der Waals surface area contributed by atoms with E-state index >= 15 is 0 Å². The molecule has 0 unspecified atom stereocenters. The molecule has 0 aromatic carbocycles. The molecule has 1 atom stereocenters. The van der Waals surface area contributed by atoms with Gasteiger partial charge in [0.15, 0.2) is 5.75 Å². The molecule has 0 radical (unpaired) electrons. The van der Waals surface area contributed by atoms with Crippen molar-refractivity contribution in [3.8, 4) is 5.75 Å². The summed E-state index contributed by atoms with van der Waals surface area (Å²) in [6.07, 6.45) is 1.61. The molecule has 2 N–H and O–H groups in total. The average molecular weight is 211 g/mol. The highest BCUT2D eigenvalue weighted by atomic mass is 16.3. The van der Waals surface area contributed by atoms with Crippen molar-refractivity contribution in [2.24, 2.45) is 5.92 Å². The first kappa shape index (κ1) is 11.8. The lowest BCUT2D eigenvalue weighted by Gasteiger charge is -2.24. The Hall–Kier alpha value is -1.29. The van der Waals surface area contributed by atoms with Gasteiger partial charge in [0, 0.05) is 12.3 Å². The van der Waals surface area contributed by atoms with Crippen LogP contribution in [0.5, 0.6) is 5.75 Å². The van der Waals surface area contributed by atoms with E-state index in [1.165, 1.54) is 6.07 Å². The van der Waals surface area contributed by atoms with E-state index in [4.69, 9.17) is 0 Å². The van der Waals surface area contributed by atoms with E-state index in [1.54, 1.807) is 17.7 Å². The Morgan fingerprint density at radius 2 is 2.07 bits per heavy atom. The maximum atomic E-state index is 11.1. The minimum atomic E-state index is -0.385. The van der Waals surface area contributed by atoms with Gasteiger partial charge in [0.25, 0.3) is 0 Å². The van der Waals surface area contributed by atoms with Crippen LogP contribution in [0.4, 0.5) is 0 Å². The second-order valence-electron chi connectivity index (χ2n) is 4.02. The van der Waals surface area contributed by atoms with E-state index in [0.29, 0.717) is 5.69 Å². The number of aliphatic hydroxyl groups excluding tert-OH is 1. The number of hydrogen-bond donors (Lipinski definition) is 2. The molecule has 1 rings (SSSR count). The van der Waals surface area contributed by atoms with Crippen molar-refractivity contribution in [3.63, 3.8) is 0 Å². The van der Waals surface area contributed by atoms with Gasteiger partial charge in [-0.3, -0.25) is 4.79 Å². The summed E-state index contributed by atoms with van der Waals surface area (Å²) < 4.78 is 1.74. The van der Waals surface area contributed by atoms with Gasteiger partial charge in [-0.15, -0.1) is 0 Å². The van der Waals surface area contributed by atoms with E-state index in [1.807, 2.05) is 13.8 Å². The Morgan fingerprint density at radius 1 is 1.47 bits per heavy atom. The molecule has 15 heavy (non-hydrogen) atoms. The molecule has 0 saturated carbocycles. The minimum absolute atomic E-state index is 0.0131. The SMILES string of the molecule is Cc1c(O)c(=O)ccn1[C@H](CO)C(C)C. The van der Waals surface area contributed by atoms with Crippen LogP contribution < -0.4 is 5.43 Å². The Balaban J connectivity index is 3.25. The Morgan fingerprint density at radius 3 is 2.53 bits per heavy atom. The van der Waals surface area contributed by atoms with Crippen LogP contribution in [0.3, 0.4) is 0 Å². The largest absolute Gasteiger partial charge is 0.503 e. The molecule has 1 heterocycles. The first-order chi connectivity index (χ1) is 6.99. The van der Waals surface area contributed by atoms with Crippen LogP contribution in [0, 0.1) is 12.8 Å². The molecule has 0 bridgehead atoms. The maximum Gasteiger partial charge on any atom is 0.223 e. The number of aliphatic hydroxyl groups is 1. The third-order valence-corrected chi connectivity index (χ3v) is 2.66. The normalized spacial score (nSPS) is 13.1. The van der Waals surface area contributed by atoms with Gasteiger partial charge in [-0.25, -0.2) is 0 Å². The molecule has 0 aliphatic heterocycles. The summed E-state index contributed by atoms with van der Waals surface area (Å²) in [5, 5.41) is 18.8. The fraction of sp³-hybridized carbons (Fsp3) is 0.545. The quantitative estimate of drug-likeness (QED) is 0.785. The van der Waals surface area contributed by atoms with E-state index in [2.05, 4.69) is 0 Å². The highest BCUT2D eigenvalue weighted by Gasteiger charge is 2.17. The monoisotopic (exact) mass is 211 g/mol. The van der Waals surface area contributed by atoms with Gasteiger partial charge >= 0.3 is 0 Å². The lowest BCUT2D eigenvalue weighted by Crippen LogP contribution is -2.22. The van der Waals surface area contributed by atoms with E-state index in [0.717, 1.165) is 0 Å². The highest BCUT2D eigenvalue weighted by molar-refractivity contribution is 5.25. The topological polar surface area (TPSA) is 62.5 Å². The number of hydrogen-bond acceptors (Lipinski definition) is 3. The molecule has 0 aliphatic rings. The molecule has 4 nitrogen and oxygen atoms in total. The predicted molar refractivity (Wildman–Crippen MR) is 58.1 cm³/mol. The lowest BCUT2D eigenvalue weighted by molar-refractivity contribution is 0.189. The van der Waals surface area contributed by atoms with Crippen molar-refractivity contribution >= 4 is 0 Å². The highest BCUT2D eigenvalue weighted by Crippen LogP contribution is 2.21. The van der Waals surface area contributed by atoms with Crippen LogP contribution in [0.1, 0.15) is 25.6 Å². The lowest BCUT2D eigenvalue weighted by atomic mass is 10.0. The van der Waals surface area contributed by atoms with Crippen LogP contribution in [-0.4, -0.2) is 21.4 Å². The summed E-state index contributed by atoms with van der Waals surface area (Å²) in [6, 6.07) is 1.20.